The molecule has 7 nitrogen and oxygen atoms in total. The van der Waals surface area contributed by atoms with E-state index in [1.807, 2.05) is 35.2 Å². The average Bonchev–Trinajstić information content (AvgIpc) is 3.27. The van der Waals surface area contributed by atoms with Gasteiger partial charge in [0.25, 0.3) is 17.7 Å². The van der Waals surface area contributed by atoms with Crippen molar-refractivity contribution in [3.8, 4) is 0 Å². The van der Waals surface area contributed by atoms with Crippen molar-refractivity contribution in [1.29, 1.82) is 0 Å². The summed E-state index contributed by atoms with van der Waals surface area (Å²) in [6.45, 7) is 2.27. The minimum atomic E-state index is -0.641. The Morgan fingerprint density at radius 2 is 1.56 bits per heavy atom. The molecule has 5 rings (SSSR count). The monoisotopic (exact) mass is 582 g/mol. The summed E-state index contributed by atoms with van der Waals surface area (Å²) in [7, 11) is 1.71. The Morgan fingerprint density at radius 3 is 2.33 bits per heavy atom. The molecular weight excluding hydrogens is 550 g/mol. The number of nitrogens with zero attached hydrogens (tertiary/aromatic N) is 3. The highest BCUT2D eigenvalue weighted by atomic mass is 19.1. The van der Waals surface area contributed by atoms with Crippen molar-refractivity contribution >= 4 is 29.1 Å². The van der Waals surface area contributed by atoms with Crippen LogP contribution < -0.4 is 10.2 Å². The van der Waals surface area contributed by atoms with Crippen LogP contribution in [0.4, 0.5) is 20.2 Å². The van der Waals surface area contributed by atoms with Gasteiger partial charge in [0.1, 0.15) is 11.6 Å². The van der Waals surface area contributed by atoms with E-state index in [2.05, 4.69) is 5.32 Å². The van der Waals surface area contributed by atoms with Crippen molar-refractivity contribution in [2.24, 2.45) is 0 Å². The lowest BCUT2D eigenvalue weighted by atomic mass is 10.1. The molecule has 3 amide bonds. The smallest absolute Gasteiger partial charge is 0.258 e. The third kappa shape index (κ3) is 7.06. The lowest BCUT2D eigenvalue weighted by Crippen LogP contribution is -2.36. The first-order valence-electron chi connectivity index (χ1n) is 14.1. The summed E-state index contributed by atoms with van der Waals surface area (Å²) in [5.74, 6) is -2.22. The van der Waals surface area contributed by atoms with Crippen LogP contribution in [0.2, 0.25) is 0 Å². The highest BCUT2D eigenvalue weighted by Gasteiger charge is 2.25. The Labute approximate surface area is 249 Å². The molecule has 1 aliphatic heterocycles. The summed E-state index contributed by atoms with van der Waals surface area (Å²) in [6, 6.07) is 26.0. The molecule has 0 spiro atoms. The molecule has 43 heavy (non-hydrogen) atoms. The number of benzene rings is 4. The van der Waals surface area contributed by atoms with Crippen LogP contribution in [0.25, 0.3) is 0 Å². The van der Waals surface area contributed by atoms with Crippen LogP contribution >= 0.6 is 0 Å². The molecule has 0 radical (unpaired) electrons. The van der Waals surface area contributed by atoms with Gasteiger partial charge in [-0.1, -0.05) is 48.5 Å². The lowest BCUT2D eigenvalue weighted by molar-refractivity contribution is 0.0763. The van der Waals surface area contributed by atoms with Gasteiger partial charge < -0.3 is 20.0 Å². The van der Waals surface area contributed by atoms with Gasteiger partial charge in [-0.3, -0.25) is 14.4 Å². The molecule has 4 aromatic carbocycles. The number of anilines is 2. The third-order valence-corrected chi connectivity index (χ3v) is 7.41. The molecule has 9 heteroatoms. The fourth-order valence-electron chi connectivity index (χ4n) is 5.20. The average molecular weight is 583 g/mol. The number of amides is 3. The van der Waals surface area contributed by atoms with Crippen LogP contribution in [0, 0.1) is 11.6 Å². The van der Waals surface area contributed by atoms with Gasteiger partial charge in [0.2, 0.25) is 0 Å². The number of carbonyl (C=O) groups is 3. The topological polar surface area (TPSA) is 73.0 Å². The van der Waals surface area contributed by atoms with Crippen molar-refractivity contribution in [2.75, 3.05) is 43.4 Å². The predicted molar refractivity (Wildman–Crippen MR) is 162 cm³/mol. The van der Waals surface area contributed by atoms with Gasteiger partial charge in [0.15, 0.2) is 0 Å². The van der Waals surface area contributed by atoms with Gasteiger partial charge in [-0.25, -0.2) is 8.78 Å². The number of hydrogen-bond donors (Lipinski definition) is 1. The van der Waals surface area contributed by atoms with Crippen LogP contribution in [0.1, 0.15) is 43.1 Å². The van der Waals surface area contributed by atoms with Gasteiger partial charge in [0, 0.05) is 56.7 Å². The largest absolute Gasteiger partial charge is 0.369 e. The molecule has 1 aliphatic rings. The van der Waals surface area contributed by atoms with E-state index < -0.39 is 17.5 Å². The molecule has 0 aliphatic carbocycles. The third-order valence-electron chi connectivity index (χ3n) is 7.41. The number of carbonyl (C=O) groups excluding carboxylic acids is 3. The minimum Gasteiger partial charge on any atom is -0.369 e. The Bertz CT molecular complexity index is 1630. The summed E-state index contributed by atoms with van der Waals surface area (Å²) in [4.78, 5) is 45.2. The zero-order valence-electron chi connectivity index (χ0n) is 23.8. The van der Waals surface area contributed by atoms with Gasteiger partial charge in [0.05, 0.1) is 11.1 Å². The van der Waals surface area contributed by atoms with Crippen LogP contribution in [0.15, 0.2) is 97.1 Å². The van der Waals surface area contributed by atoms with Gasteiger partial charge >= 0.3 is 0 Å². The van der Waals surface area contributed by atoms with Crippen molar-refractivity contribution < 1.29 is 23.2 Å². The van der Waals surface area contributed by atoms with E-state index in [1.165, 1.54) is 36.4 Å². The molecule has 0 unspecified atom stereocenters. The molecular formula is C34H32F2N4O3. The normalized spacial score (nSPS) is 13.3. The van der Waals surface area contributed by atoms with Crippen LogP contribution in [0.5, 0.6) is 0 Å². The molecule has 220 valence electrons. The maximum Gasteiger partial charge on any atom is 0.258 e. The van der Waals surface area contributed by atoms with E-state index in [9.17, 15) is 23.2 Å². The maximum absolute atomic E-state index is 14.3. The van der Waals surface area contributed by atoms with E-state index in [1.54, 1.807) is 47.2 Å². The molecule has 0 atom stereocenters. The Morgan fingerprint density at radius 1 is 0.791 bits per heavy atom. The standard InChI is InChI=1S/C34H32F2N4O3/c1-38(23-24-9-3-2-4-10-24)34(43)29-22-27(37-32(41)28-13-5-6-14-30(28)36)15-16-31(29)39-17-8-18-40(20-19-39)33(42)25-11-7-12-26(35)21-25/h2-7,9-16,21-22H,8,17-20,23H2,1H3,(H,37,41). The molecule has 4 aromatic rings. The summed E-state index contributed by atoms with van der Waals surface area (Å²) in [5.41, 5.74) is 2.54. The van der Waals surface area contributed by atoms with E-state index >= 15 is 0 Å². The zero-order valence-corrected chi connectivity index (χ0v) is 23.8. The van der Waals surface area contributed by atoms with Crippen LogP contribution in [-0.4, -0.2) is 60.7 Å². The highest BCUT2D eigenvalue weighted by Crippen LogP contribution is 2.28. The fourth-order valence-corrected chi connectivity index (χ4v) is 5.20. The highest BCUT2D eigenvalue weighted by molar-refractivity contribution is 6.06. The maximum atomic E-state index is 14.3. The number of nitrogens with one attached hydrogen (secondary N) is 1. The molecule has 1 fully saturated rings. The van der Waals surface area contributed by atoms with Crippen molar-refractivity contribution in [3.63, 3.8) is 0 Å². The second-order valence-corrected chi connectivity index (χ2v) is 10.5. The zero-order chi connectivity index (χ0) is 30.3. The molecule has 0 bridgehead atoms. The summed E-state index contributed by atoms with van der Waals surface area (Å²) >= 11 is 0. The lowest BCUT2D eigenvalue weighted by Gasteiger charge is -2.28. The second kappa shape index (κ2) is 13.3. The molecule has 1 heterocycles. The molecule has 1 saturated heterocycles. The Hall–Kier alpha value is -5.05. The molecule has 0 saturated carbocycles. The summed E-state index contributed by atoms with van der Waals surface area (Å²) in [6.07, 6.45) is 0.639. The summed E-state index contributed by atoms with van der Waals surface area (Å²) in [5, 5.41) is 2.72. The van der Waals surface area contributed by atoms with Crippen molar-refractivity contribution in [1.82, 2.24) is 9.80 Å². The molecule has 0 aromatic heterocycles. The van der Waals surface area contributed by atoms with Crippen LogP contribution in [0.3, 0.4) is 0 Å². The SMILES string of the molecule is CN(Cc1ccccc1)C(=O)c1cc(NC(=O)c2ccccc2F)ccc1N1CCCN(C(=O)c2cccc(F)c2)CC1. The van der Waals surface area contributed by atoms with E-state index in [-0.39, 0.29) is 17.4 Å². The van der Waals surface area contributed by atoms with Gasteiger partial charge in [-0.05, 0) is 60.5 Å². The first-order chi connectivity index (χ1) is 20.8. The minimum absolute atomic E-state index is 0.101. The fraction of sp³-hybridized carbons (Fsp3) is 0.206. The van der Waals surface area contributed by atoms with Crippen molar-refractivity contribution in [3.05, 3.63) is 131 Å². The quantitative estimate of drug-likeness (QED) is 0.297. The number of halogens is 2. The van der Waals surface area contributed by atoms with Crippen LogP contribution in [-0.2, 0) is 6.54 Å². The Kier molecular flexibility index (Phi) is 9.10. The molecule has 1 N–H and O–H groups in total. The number of hydrogen-bond acceptors (Lipinski definition) is 4. The first-order valence-corrected chi connectivity index (χ1v) is 14.1. The number of rotatable bonds is 7. The van der Waals surface area contributed by atoms with E-state index in [0.29, 0.717) is 61.6 Å². The second-order valence-electron chi connectivity index (χ2n) is 10.5. The van der Waals surface area contributed by atoms with Crippen molar-refractivity contribution in [2.45, 2.75) is 13.0 Å². The summed E-state index contributed by atoms with van der Waals surface area (Å²) < 4.78 is 28.0. The first kappa shape index (κ1) is 29.4. The van der Waals surface area contributed by atoms with Gasteiger partial charge in [-0.15, -0.1) is 0 Å². The predicted octanol–water partition coefficient (Wildman–Crippen LogP) is 5.84. The van der Waals surface area contributed by atoms with E-state index in [4.69, 9.17) is 0 Å². The Balaban J connectivity index is 1.40. The van der Waals surface area contributed by atoms with Gasteiger partial charge in [-0.2, -0.15) is 0 Å². The van der Waals surface area contributed by atoms with E-state index in [0.717, 1.165) is 5.56 Å².